The zero-order valence-electron chi connectivity index (χ0n) is 12.5. The van der Waals surface area contributed by atoms with Gasteiger partial charge in [-0.2, -0.15) is 17.6 Å². The molecule has 1 fully saturated rings. The zero-order chi connectivity index (χ0) is 16.6. The van der Waals surface area contributed by atoms with E-state index in [1.165, 1.54) is 6.07 Å². The maximum atomic E-state index is 13.7. The Morgan fingerprint density at radius 2 is 1.45 bits per heavy atom. The van der Waals surface area contributed by atoms with E-state index in [2.05, 4.69) is 4.74 Å². The summed E-state index contributed by atoms with van der Waals surface area (Å²) in [5, 5.41) is 0. The van der Waals surface area contributed by atoms with Crippen molar-refractivity contribution in [2.24, 2.45) is 0 Å². The highest BCUT2D eigenvalue weighted by atomic mass is 19.3. The molecule has 1 aromatic rings. The van der Waals surface area contributed by atoms with Crippen LogP contribution in [0.3, 0.4) is 0 Å². The SMILES string of the molecule is CC1(C)OB(c2ccc3c(c2)C(F)(F)C(F)(F)O3)OC1(C)C. The van der Waals surface area contributed by atoms with E-state index in [-0.39, 0.29) is 5.46 Å². The Balaban J connectivity index is 1.98. The maximum Gasteiger partial charge on any atom is 0.494 e. The first-order valence-electron chi connectivity index (χ1n) is 6.82. The Morgan fingerprint density at radius 3 is 2.00 bits per heavy atom. The zero-order valence-corrected chi connectivity index (χ0v) is 12.5. The number of fused-ring (bicyclic) bond motifs is 1. The van der Waals surface area contributed by atoms with E-state index in [4.69, 9.17) is 9.31 Å². The van der Waals surface area contributed by atoms with Gasteiger partial charge in [-0.05, 0) is 45.3 Å². The van der Waals surface area contributed by atoms with Crippen molar-refractivity contribution in [2.75, 3.05) is 0 Å². The highest BCUT2D eigenvalue weighted by Crippen LogP contribution is 2.53. The van der Waals surface area contributed by atoms with Gasteiger partial charge < -0.3 is 14.0 Å². The molecule has 0 aromatic heterocycles. The third kappa shape index (κ3) is 1.96. The molecule has 0 N–H and O–H groups in total. The van der Waals surface area contributed by atoms with E-state index < -0.39 is 41.7 Å². The summed E-state index contributed by atoms with van der Waals surface area (Å²) in [4.78, 5) is 0. The van der Waals surface area contributed by atoms with Crippen molar-refractivity contribution in [3.63, 3.8) is 0 Å². The number of halogens is 4. The van der Waals surface area contributed by atoms with Crippen LogP contribution in [-0.4, -0.2) is 24.4 Å². The molecular weight excluding hydrogens is 303 g/mol. The van der Waals surface area contributed by atoms with Crippen LogP contribution in [0, 0.1) is 0 Å². The number of benzene rings is 1. The maximum absolute atomic E-state index is 13.7. The lowest BCUT2D eigenvalue weighted by molar-refractivity contribution is -0.296. The predicted molar refractivity (Wildman–Crippen MR) is 71.6 cm³/mol. The second-order valence-electron chi connectivity index (χ2n) is 6.54. The largest absolute Gasteiger partial charge is 0.494 e. The average Bonchev–Trinajstić information content (AvgIpc) is 2.67. The number of ether oxygens (including phenoxy) is 1. The van der Waals surface area contributed by atoms with Crippen molar-refractivity contribution >= 4 is 12.6 Å². The summed E-state index contributed by atoms with van der Waals surface area (Å²) in [5.41, 5.74) is -1.91. The molecule has 0 saturated carbocycles. The van der Waals surface area contributed by atoms with Gasteiger partial charge in [-0.25, -0.2) is 0 Å². The minimum atomic E-state index is -4.55. The summed E-state index contributed by atoms with van der Waals surface area (Å²) in [5.74, 6) is -4.92. The fraction of sp³-hybridized carbons (Fsp3) is 0.571. The van der Waals surface area contributed by atoms with Gasteiger partial charge in [0.1, 0.15) is 5.75 Å². The lowest BCUT2D eigenvalue weighted by atomic mass is 9.78. The standard InChI is InChI=1S/C14H15BF4O3/c1-11(2)12(3,4)22-15(21-11)8-5-6-10-9(7-8)13(16,17)14(18,19)20-10/h5-7H,1-4H3. The van der Waals surface area contributed by atoms with Crippen molar-refractivity contribution in [3.05, 3.63) is 23.8 Å². The Labute approximate surface area is 125 Å². The Bertz CT molecular complexity index is 615. The summed E-state index contributed by atoms with van der Waals surface area (Å²) < 4.78 is 69.4. The summed E-state index contributed by atoms with van der Waals surface area (Å²) in [6, 6.07) is 3.43. The molecule has 2 heterocycles. The number of hydrogen-bond acceptors (Lipinski definition) is 3. The molecule has 0 bridgehead atoms. The smallest absolute Gasteiger partial charge is 0.427 e. The van der Waals surface area contributed by atoms with E-state index in [1.54, 1.807) is 0 Å². The van der Waals surface area contributed by atoms with Gasteiger partial charge in [-0.15, -0.1) is 0 Å². The van der Waals surface area contributed by atoms with Gasteiger partial charge in [0.15, 0.2) is 0 Å². The van der Waals surface area contributed by atoms with Crippen LogP contribution in [-0.2, 0) is 15.2 Å². The van der Waals surface area contributed by atoms with Crippen LogP contribution in [0.5, 0.6) is 5.75 Å². The van der Waals surface area contributed by atoms with Gasteiger partial charge in [0.05, 0.1) is 16.8 Å². The Kier molecular flexibility index (Phi) is 2.96. The summed E-state index contributed by atoms with van der Waals surface area (Å²) in [6.45, 7) is 7.25. The molecule has 2 aliphatic heterocycles. The molecule has 120 valence electrons. The number of hydrogen-bond donors (Lipinski definition) is 0. The molecular formula is C14H15BF4O3. The van der Waals surface area contributed by atoms with Crippen LogP contribution in [0.4, 0.5) is 17.6 Å². The first kappa shape index (κ1) is 15.6. The molecule has 3 rings (SSSR count). The lowest BCUT2D eigenvalue weighted by Crippen LogP contribution is -2.41. The quantitative estimate of drug-likeness (QED) is 0.588. The minimum Gasteiger partial charge on any atom is -0.427 e. The first-order chi connectivity index (χ1) is 9.87. The number of alkyl halides is 4. The van der Waals surface area contributed by atoms with Crippen LogP contribution in [0.1, 0.15) is 33.3 Å². The molecule has 22 heavy (non-hydrogen) atoms. The van der Waals surface area contributed by atoms with E-state index in [9.17, 15) is 17.6 Å². The molecule has 0 aliphatic carbocycles. The normalized spacial score (nSPS) is 26.6. The van der Waals surface area contributed by atoms with Gasteiger partial charge in [0.25, 0.3) is 0 Å². The number of rotatable bonds is 1. The van der Waals surface area contributed by atoms with Crippen LogP contribution < -0.4 is 10.2 Å². The molecule has 3 nitrogen and oxygen atoms in total. The molecule has 0 unspecified atom stereocenters. The lowest BCUT2D eigenvalue weighted by Gasteiger charge is -2.32. The van der Waals surface area contributed by atoms with Crippen molar-refractivity contribution < 1.29 is 31.6 Å². The second-order valence-corrected chi connectivity index (χ2v) is 6.54. The Morgan fingerprint density at radius 1 is 0.909 bits per heavy atom. The fourth-order valence-corrected chi connectivity index (χ4v) is 2.37. The molecule has 2 aliphatic rings. The topological polar surface area (TPSA) is 27.7 Å². The van der Waals surface area contributed by atoms with Crippen molar-refractivity contribution in [3.8, 4) is 5.75 Å². The monoisotopic (exact) mass is 318 g/mol. The molecule has 8 heteroatoms. The van der Waals surface area contributed by atoms with Gasteiger partial charge in [-0.1, -0.05) is 6.07 Å². The molecule has 0 spiro atoms. The van der Waals surface area contributed by atoms with Crippen molar-refractivity contribution in [1.29, 1.82) is 0 Å². The van der Waals surface area contributed by atoms with E-state index in [0.29, 0.717) is 0 Å². The van der Waals surface area contributed by atoms with Crippen LogP contribution in [0.2, 0.25) is 0 Å². The molecule has 1 saturated heterocycles. The van der Waals surface area contributed by atoms with Gasteiger partial charge in [-0.3, -0.25) is 0 Å². The average molecular weight is 318 g/mol. The first-order valence-corrected chi connectivity index (χ1v) is 6.82. The van der Waals surface area contributed by atoms with Gasteiger partial charge in [0.2, 0.25) is 0 Å². The minimum absolute atomic E-state index is 0.248. The van der Waals surface area contributed by atoms with Crippen LogP contribution in [0.25, 0.3) is 0 Å². The predicted octanol–water partition coefficient (Wildman–Crippen LogP) is 3.06. The summed E-state index contributed by atoms with van der Waals surface area (Å²) >= 11 is 0. The van der Waals surface area contributed by atoms with Crippen LogP contribution >= 0.6 is 0 Å². The Hall–Kier alpha value is -1.28. The summed E-state index contributed by atoms with van der Waals surface area (Å²) in [6.07, 6.45) is -4.55. The van der Waals surface area contributed by atoms with Crippen LogP contribution in [0.15, 0.2) is 18.2 Å². The second kappa shape index (κ2) is 4.17. The van der Waals surface area contributed by atoms with Gasteiger partial charge >= 0.3 is 19.1 Å². The highest BCUT2D eigenvalue weighted by molar-refractivity contribution is 6.62. The molecule has 0 radical (unpaired) electrons. The third-order valence-corrected chi connectivity index (χ3v) is 4.47. The van der Waals surface area contributed by atoms with E-state index in [0.717, 1.165) is 12.1 Å². The van der Waals surface area contributed by atoms with E-state index in [1.807, 2.05) is 27.7 Å². The molecule has 1 aromatic carbocycles. The van der Waals surface area contributed by atoms with Crippen molar-refractivity contribution in [2.45, 2.75) is 50.9 Å². The van der Waals surface area contributed by atoms with Crippen molar-refractivity contribution in [1.82, 2.24) is 0 Å². The molecule has 0 atom stereocenters. The molecule has 0 amide bonds. The van der Waals surface area contributed by atoms with Gasteiger partial charge in [0, 0.05) is 0 Å². The fourth-order valence-electron chi connectivity index (χ4n) is 2.37. The third-order valence-electron chi connectivity index (χ3n) is 4.47. The highest BCUT2D eigenvalue weighted by Gasteiger charge is 2.66. The summed E-state index contributed by atoms with van der Waals surface area (Å²) in [7, 11) is -0.902. The van der Waals surface area contributed by atoms with E-state index >= 15 is 0 Å².